The van der Waals surface area contributed by atoms with Crippen LogP contribution < -0.4 is 15.8 Å². The van der Waals surface area contributed by atoms with Gasteiger partial charge in [0.1, 0.15) is 11.6 Å². The molecule has 1 aliphatic heterocycles. The van der Waals surface area contributed by atoms with E-state index in [0.29, 0.717) is 27.6 Å². The number of carbonyl (C=O) groups excluding carboxylic acids is 1. The second kappa shape index (κ2) is 5.35. The van der Waals surface area contributed by atoms with Crippen molar-refractivity contribution in [3.05, 3.63) is 58.4 Å². The molecule has 108 valence electrons. The van der Waals surface area contributed by atoms with Crippen LogP contribution in [0.25, 0.3) is 0 Å². The lowest BCUT2D eigenvalue weighted by molar-refractivity contribution is -0.118. The van der Waals surface area contributed by atoms with E-state index in [0.717, 1.165) is 0 Å². The quantitative estimate of drug-likeness (QED) is 0.896. The van der Waals surface area contributed by atoms with Gasteiger partial charge in [-0.25, -0.2) is 4.39 Å². The summed E-state index contributed by atoms with van der Waals surface area (Å²) in [6, 6.07) is 8.67. The first-order valence-corrected chi connectivity index (χ1v) is 6.69. The molecule has 2 aromatic carbocycles. The van der Waals surface area contributed by atoms with Crippen molar-refractivity contribution in [2.45, 2.75) is 6.04 Å². The van der Waals surface area contributed by atoms with Gasteiger partial charge in [-0.1, -0.05) is 17.7 Å². The van der Waals surface area contributed by atoms with Crippen LogP contribution in [0.5, 0.6) is 5.75 Å². The van der Waals surface area contributed by atoms with Gasteiger partial charge in [-0.15, -0.1) is 0 Å². The summed E-state index contributed by atoms with van der Waals surface area (Å²) >= 11 is 5.88. The van der Waals surface area contributed by atoms with Crippen molar-refractivity contribution in [2.24, 2.45) is 5.73 Å². The predicted molar refractivity (Wildman–Crippen MR) is 78.0 cm³/mol. The Labute approximate surface area is 125 Å². The highest BCUT2D eigenvalue weighted by Crippen LogP contribution is 2.32. The van der Waals surface area contributed by atoms with Gasteiger partial charge in [0.25, 0.3) is 5.91 Å². The van der Waals surface area contributed by atoms with Crippen molar-refractivity contribution in [3.8, 4) is 5.75 Å². The standard InChI is InChI=1S/C15H12ClFN2O2/c16-9-2-3-11(17)10(6-9)15(18)8-1-4-13-12(5-8)19-14(20)7-21-13/h1-6,15H,7,18H2,(H,19,20). The maximum atomic E-state index is 13.9. The molecular formula is C15H12ClFN2O2. The molecule has 1 aliphatic rings. The fraction of sp³-hybridized carbons (Fsp3) is 0.133. The van der Waals surface area contributed by atoms with Gasteiger partial charge in [-0.05, 0) is 35.9 Å². The molecule has 1 atom stereocenters. The maximum absolute atomic E-state index is 13.9. The number of nitrogens with one attached hydrogen (secondary N) is 1. The monoisotopic (exact) mass is 306 g/mol. The lowest BCUT2D eigenvalue weighted by Crippen LogP contribution is -2.25. The largest absolute Gasteiger partial charge is 0.482 e. The molecule has 0 fully saturated rings. The summed E-state index contributed by atoms with van der Waals surface area (Å²) in [6.45, 7) is -0.0126. The summed E-state index contributed by atoms with van der Waals surface area (Å²) in [5, 5.41) is 3.11. The van der Waals surface area contributed by atoms with Gasteiger partial charge in [0.15, 0.2) is 6.61 Å². The van der Waals surface area contributed by atoms with E-state index < -0.39 is 11.9 Å². The van der Waals surface area contributed by atoms with Crippen molar-refractivity contribution >= 4 is 23.2 Å². The van der Waals surface area contributed by atoms with Crippen LogP contribution in [0.1, 0.15) is 17.2 Å². The van der Waals surface area contributed by atoms with Gasteiger partial charge in [0, 0.05) is 10.6 Å². The Morgan fingerprint density at radius 1 is 1.29 bits per heavy atom. The first kappa shape index (κ1) is 13.9. The van der Waals surface area contributed by atoms with Crippen LogP contribution in [-0.2, 0) is 4.79 Å². The minimum Gasteiger partial charge on any atom is -0.482 e. The minimum atomic E-state index is -0.687. The predicted octanol–water partition coefficient (Wildman–Crippen LogP) is 2.86. The van der Waals surface area contributed by atoms with Crippen molar-refractivity contribution in [3.63, 3.8) is 0 Å². The molecule has 0 bridgehead atoms. The fourth-order valence-electron chi connectivity index (χ4n) is 2.23. The van der Waals surface area contributed by atoms with Crippen LogP contribution in [-0.4, -0.2) is 12.5 Å². The molecule has 3 N–H and O–H groups in total. The molecule has 3 rings (SSSR count). The van der Waals surface area contributed by atoms with Gasteiger partial charge in [-0.2, -0.15) is 0 Å². The molecule has 0 saturated heterocycles. The van der Waals surface area contributed by atoms with Gasteiger partial charge in [-0.3, -0.25) is 4.79 Å². The van der Waals surface area contributed by atoms with E-state index in [1.165, 1.54) is 18.2 Å². The average Bonchev–Trinajstić information content (AvgIpc) is 2.48. The second-order valence-electron chi connectivity index (χ2n) is 4.74. The molecule has 0 saturated carbocycles. The lowest BCUT2D eigenvalue weighted by atomic mass is 9.98. The number of carbonyl (C=O) groups is 1. The summed E-state index contributed by atoms with van der Waals surface area (Å²) in [7, 11) is 0. The Balaban J connectivity index is 1.98. The molecule has 0 radical (unpaired) electrons. The second-order valence-corrected chi connectivity index (χ2v) is 5.17. The number of benzene rings is 2. The Hall–Kier alpha value is -2.11. The van der Waals surface area contributed by atoms with E-state index in [4.69, 9.17) is 22.1 Å². The minimum absolute atomic E-state index is 0.0126. The number of anilines is 1. The topological polar surface area (TPSA) is 64.3 Å². The Bertz CT molecular complexity index is 721. The highest BCUT2D eigenvalue weighted by molar-refractivity contribution is 6.30. The third-order valence-electron chi connectivity index (χ3n) is 3.29. The average molecular weight is 307 g/mol. The summed E-state index contributed by atoms with van der Waals surface area (Å²) in [5.41, 5.74) is 7.58. The number of rotatable bonds is 2. The number of ether oxygens (including phenoxy) is 1. The van der Waals surface area contributed by atoms with Crippen LogP contribution in [0.4, 0.5) is 10.1 Å². The van der Waals surface area contributed by atoms with E-state index in [2.05, 4.69) is 5.32 Å². The third-order valence-corrected chi connectivity index (χ3v) is 3.52. The molecule has 21 heavy (non-hydrogen) atoms. The number of halogens is 2. The summed E-state index contributed by atoms with van der Waals surface area (Å²) in [4.78, 5) is 11.3. The molecule has 6 heteroatoms. The molecule has 0 aromatic heterocycles. The van der Waals surface area contributed by atoms with Gasteiger partial charge >= 0.3 is 0 Å². The van der Waals surface area contributed by atoms with Gasteiger partial charge in [0.2, 0.25) is 0 Å². The molecule has 4 nitrogen and oxygen atoms in total. The third kappa shape index (κ3) is 2.70. The first-order chi connectivity index (χ1) is 10.0. The van der Waals surface area contributed by atoms with Crippen LogP contribution in [0.2, 0.25) is 5.02 Å². The summed E-state index contributed by atoms with van der Waals surface area (Å²) in [6.07, 6.45) is 0. The van der Waals surface area contributed by atoms with Gasteiger partial charge < -0.3 is 15.8 Å². The molecule has 0 aliphatic carbocycles. The van der Waals surface area contributed by atoms with E-state index in [1.807, 2.05) is 0 Å². The van der Waals surface area contributed by atoms with Gasteiger partial charge in [0.05, 0.1) is 11.7 Å². The number of hydrogen-bond acceptors (Lipinski definition) is 3. The van der Waals surface area contributed by atoms with Crippen LogP contribution in [0.3, 0.4) is 0 Å². The Morgan fingerprint density at radius 3 is 2.90 bits per heavy atom. The van der Waals surface area contributed by atoms with E-state index in [9.17, 15) is 9.18 Å². The lowest BCUT2D eigenvalue weighted by Gasteiger charge is -2.20. The zero-order valence-electron chi connectivity index (χ0n) is 10.9. The van der Waals surface area contributed by atoms with Crippen molar-refractivity contribution < 1.29 is 13.9 Å². The van der Waals surface area contributed by atoms with Crippen molar-refractivity contribution in [2.75, 3.05) is 11.9 Å². The van der Waals surface area contributed by atoms with Crippen LogP contribution in [0.15, 0.2) is 36.4 Å². The van der Waals surface area contributed by atoms with Crippen LogP contribution >= 0.6 is 11.6 Å². The summed E-state index contributed by atoms with van der Waals surface area (Å²) in [5.74, 6) is -0.0934. The summed E-state index contributed by atoms with van der Waals surface area (Å²) < 4.78 is 19.1. The number of nitrogens with two attached hydrogens (primary N) is 1. The number of amides is 1. The molecule has 2 aromatic rings. The molecule has 0 spiro atoms. The SMILES string of the molecule is NC(c1ccc2c(c1)NC(=O)CO2)c1cc(Cl)ccc1F. The van der Waals surface area contributed by atoms with E-state index in [1.54, 1.807) is 18.2 Å². The highest BCUT2D eigenvalue weighted by atomic mass is 35.5. The zero-order chi connectivity index (χ0) is 15.0. The molecule has 1 amide bonds. The Morgan fingerprint density at radius 2 is 2.10 bits per heavy atom. The van der Waals surface area contributed by atoms with E-state index in [-0.39, 0.29) is 12.5 Å². The van der Waals surface area contributed by atoms with Crippen molar-refractivity contribution in [1.29, 1.82) is 0 Å². The fourth-order valence-corrected chi connectivity index (χ4v) is 2.41. The molecular weight excluding hydrogens is 295 g/mol. The molecule has 1 unspecified atom stereocenters. The Kier molecular flexibility index (Phi) is 3.53. The van der Waals surface area contributed by atoms with E-state index >= 15 is 0 Å². The van der Waals surface area contributed by atoms with Crippen molar-refractivity contribution in [1.82, 2.24) is 0 Å². The van der Waals surface area contributed by atoms with Crippen LogP contribution in [0, 0.1) is 5.82 Å². The number of hydrogen-bond donors (Lipinski definition) is 2. The highest BCUT2D eigenvalue weighted by Gasteiger charge is 2.19. The zero-order valence-corrected chi connectivity index (χ0v) is 11.7. The first-order valence-electron chi connectivity index (χ1n) is 6.32. The number of fused-ring (bicyclic) bond motifs is 1. The smallest absolute Gasteiger partial charge is 0.262 e. The molecule has 1 heterocycles. The maximum Gasteiger partial charge on any atom is 0.262 e. The normalized spacial score (nSPS) is 14.9.